The van der Waals surface area contributed by atoms with Crippen molar-refractivity contribution in [2.45, 2.75) is 13.0 Å². The van der Waals surface area contributed by atoms with Crippen LogP contribution in [0.5, 0.6) is 5.75 Å². The zero-order chi connectivity index (χ0) is 14.1. The Balaban J connectivity index is 0.00000161. The zero-order valence-corrected chi connectivity index (χ0v) is 12.7. The molecule has 0 spiro atoms. The van der Waals surface area contributed by atoms with Gasteiger partial charge in [0.15, 0.2) is 6.10 Å². The third-order valence-electron chi connectivity index (χ3n) is 4.16. The topological polar surface area (TPSA) is 41.6 Å². The number of nitrogens with zero attached hydrogens (tertiary/aromatic N) is 1. The Morgan fingerprint density at radius 2 is 2.05 bits per heavy atom. The second kappa shape index (κ2) is 6.62. The van der Waals surface area contributed by atoms with E-state index in [1.807, 2.05) is 4.90 Å². The molecule has 0 bridgehead atoms. The van der Waals surface area contributed by atoms with E-state index in [0.29, 0.717) is 17.6 Å². The molecule has 0 saturated carbocycles. The molecule has 2 saturated heterocycles. The summed E-state index contributed by atoms with van der Waals surface area (Å²) in [5.41, 5.74) is 0. The van der Waals surface area contributed by atoms with E-state index in [-0.39, 0.29) is 24.1 Å². The van der Waals surface area contributed by atoms with E-state index in [0.717, 1.165) is 26.2 Å². The molecule has 1 N–H and O–H groups in total. The summed E-state index contributed by atoms with van der Waals surface area (Å²) in [5, 5.41) is 3.35. The molecule has 3 atom stereocenters. The van der Waals surface area contributed by atoms with Gasteiger partial charge in [0, 0.05) is 32.2 Å². The minimum absolute atomic E-state index is 0. The second-order valence-corrected chi connectivity index (χ2v) is 5.64. The second-order valence-electron chi connectivity index (χ2n) is 5.64. The molecule has 1 aromatic rings. The standard InChI is InChI=1S/C15H19FN2O2.ClH/c1-10(20-14-4-2-3-13(16)5-14)15(19)18-8-11-6-17-7-12(11)9-18;/h2-5,10-12,17H,6-9H2,1H3;1H/t10?,11-,12+;. The average Bonchev–Trinajstić information content (AvgIpc) is 2.98. The number of halogens is 2. The fourth-order valence-corrected chi connectivity index (χ4v) is 3.09. The van der Waals surface area contributed by atoms with Crippen LogP contribution in [0, 0.1) is 17.7 Å². The maximum absolute atomic E-state index is 13.1. The van der Waals surface area contributed by atoms with Crippen LogP contribution in [-0.2, 0) is 4.79 Å². The van der Waals surface area contributed by atoms with Gasteiger partial charge in [-0.25, -0.2) is 4.39 Å². The number of carbonyl (C=O) groups is 1. The van der Waals surface area contributed by atoms with Gasteiger partial charge in [0.25, 0.3) is 5.91 Å². The van der Waals surface area contributed by atoms with Gasteiger partial charge in [-0.3, -0.25) is 4.79 Å². The van der Waals surface area contributed by atoms with Gasteiger partial charge in [-0.1, -0.05) is 6.07 Å². The number of fused-ring (bicyclic) bond motifs is 1. The molecule has 3 rings (SSSR count). The van der Waals surface area contributed by atoms with E-state index in [4.69, 9.17) is 4.74 Å². The summed E-state index contributed by atoms with van der Waals surface area (Å²) in [6.07, 6.45) is -0.580. The number of likely N-dealkylation sites (tertiary alicyclic amines) is 1. The molecular weight excluding hydrogens is 295 g/mol. The van der Waals surface area contributed by atoms with Crippen LogP contribution >= 0.6 is 12.4 Å². The quantitative estimate of drug-likeness (QED) is 0.923. The first-order valence-corrected chi connectivity index (χ1v) is 7.05. The molecule has 6 heteroatoms. The summed E-state index contributed by atoms with van der Waals surface area (Å²) < 4.78 is 18.6. The van der Waals surface area contributed by atoms with Crippen molar-refractivity contribution in [1.29, 1.82) is 0 Å². The SMILES string of the molecule is CC(Oc1cccc(F)c1)C(=O)N1C[C@H]2CNC[C@H]2C1.Cl. The number of hydrogen-bond donors (Lipinski definition) is 1. The van der Waals surface area contributed by atoms with Gasteiger partial charge in [0.2, 0.25) is 0 Å². The van der Waals surface area contributed by atoms with E-state index >= 15 is 0 Å². The number of benzene rings is 1. The minimum Gasteiger partial charge on any atom is -0.481 e. The van der Waals surface area contributed by atoms with E-state index in [1.165, 1.54) is 12.1 Å². The Labute approximate surface area is 130 Å². The van der Waals surface area contributed by atoms with Crippen LogP contribution in [0.15, 0.2) is 24.3 Å². The van der Waals surface area contributed by atoms with E-state index in [2.05, 4.69) is 5.32 Å². The maximum atomic E-state index is 13.1. The predicted molar refractivity (Wildman–Crippen MR) is 80.2 cm³/mol. The van der Waals surface area contributed by atoms with Gasteiger partial charge in [0.1, 0.15) is 11.6 Å². The van der Waals surface area contributed by atoms with Crippen LogP contribution in [0.3, 0.4) is 0 Å². The number of ether oxygens (including phenoxy) is 1. The molecule has 0 aliphatic carbocycles. The predicted octanol–water partition coefficient (Wildman–Crippen LogP) is 1.69. The van der Waals surface area contributed by atoms with Crippen LogP contribution in [0.25, 0.3) is 0 Å². The van der Waals surface area contributed by atoms with Crippen LogP contribution in [-0.4, -0.2) is 43.1 Å². The Morgan fingerprint density at radius 1 is 1.38 bits per heavy atom. The summed E-state index contributed by atoms with van der Waals surface area (Å²) in [4.78, 5) is 14.2. The first-order valence-electron chi connectivity index (χ1n) is 7.05. The van der Waals surface area contributed by atoms with Crippen LogP contribution in [0.1, 0.15) is 6.92 Å². The lowest BCUT2D eigenvalue weighted by molar-refractivity contribution is -0.137. The summed E-state index contributed by atoms with van der Waals surface area (Å²) in [7, 11) is 0. The molecule has 21 heavy (non-hydrogen) atoms. The number of hydrogen-bond acceptors (Lipinski definition) is 3. The minimum atomic E-state index is -0.580. The molecule has 2 aliphatic rings. The Kier molecular flexibility index (Phi) is 5.06. The van der Waals surface area contributed by atoms with Gasteiger partial charge < -0.3 is 15.0 Å². The fraction of sp³-hybridized carbons (Fsp3) is 0.533. The van der Waals surface area contributed by atoms with E-state index in [1.54, 1.807) is 19.1 Å². The number of carbonyl (C=O) groups excluding carboxylic acids is 1. The van der Waals surface area contributed by atoms with Crippen molar-refractivity contribution in [3.05, 3.63) is 30.1 Å². The molecule has 1 amide bonds. The molecule has 116 valence electrons. The molecule has 0 radical (unpaired) electrons. The summed E-state index contributed by atoms with van der Waals surface area (Å²) in [6, 6.07) is 5.89. The molecule has 2 heterocycles. The monoisotopic (exact) mass is 314 g/mol. The lowest BCUT2D eigenvalue weighted by atomic mass is 10.0. The highest BCUT2D eigenvalue weighted by molar-refractivity contribution is 5.85. The molecule has 4 nitrogen and oxygen atoms in total. The number of rotatable bonds is 3. The molecular formula is C15H20ClFN2O2. The van der Waals surface area contributed by atoms with E-state index in [9.17, 15) is 9.18 Å². The fourth-order valence-electron chi connectivity index (χ4n) is 3.09. The van der Waals surface area contributed by atoms with Gasteiger partial charge in [-0.05, 0) is 30.9 Å². The first kappa shape index (κ1) is 16.0. The van der Waals surface area contributed by atoms with Crippen molar-refractivity contribution < 1.29 is 13.9 Å². The largest absolute Gasteiger partial charge is 0.481 e. The lowest BCUT2D eigenvalue weighted by Gasteiger charge is -2.22. The van der Waals surface area contributed by atoms with Crippen molar-refractivity contribution in [3.8, 4) is 5.75 Å². The van der Waals surface area contributed by atoms with Crippen molar-refractivity contribution in [2.24, 2.45) is 11.8 Å². The van der Waals surface area contributed by atoms with Crippen molar-refractivity contribution in [2.75, 3.05) is 26.2 Å². The number of amides is 1. The van der Waals surface area contributed by atoms with Gasteiger partial charge in [-0.15, -0.1) is 12.4 Å². The molecule has 1 unspecified atom stereocenters. The highest BCUT2D eigenvalue weighted by Gasteiger charge is 2.39. The molecule has 2 fully saturated rings. The Bertz CT molecular complexity index is 502. The van der Waals surface area contributed by atoms with Crippen LogP contribution in [0.4, 0.5) is 4.39 Å². The van der Waals surface area contributed by atoms with Gasteiger partial charge >= 0.3 is 0 Å². The number of nitrogens with one attached hydrogen (secondary N) is 1. The smallest absolute Gasteiger partial charge is 0.263 e. The Hall–Kier alpha value is -1.33. The normalized spacial score (nSPS) is 25.1. The highest BCUT2D eigenvalue weighted by Crippen LogP contribution is 2.27. The van der Waals surface area contributed by atoms with Gasteiger partial charge in [-0.2, -0.15) is 0 Å². The average molecular weight is 315 g/mol. The van der Waals surface area contributed by atoms with Crippen LogP contribution in [0.2, 0.25) is 0 Å². The molecule has 0 aromatic heterocycles. The zero-order valence-electron chi connectivity index (χ0n) is 11.9. The third kappa shape index (κ3) is 3.47. The summed E-state index contributed by atoms with van der Waals surface area (Å²) in [5.74, 6) is 1.17. The van der Waals surface area contributed by atoms with Crippen molar-refractivity contribution >= 4 is 18.3 Å². The van der Waals surface area contributed by atoms with Crippen molar-refractivity contribution in [1.82, 2.24) is 10.2 Å². The highest BCUT2D eigenvalue weighted by atomic mass is 35.5. The lowest BCUT2D eigenvalue weighted by Crippen LogP contribution is -2.40. The van der Waals surface area contributed by atoms with Crippen LogP contribution < -0.4 is 10.1 Å². The van der Waals surface area contributed by atoms with Gasteiger partial charge in [0.05, 0.1) is 0 Å². The maximum Gasteiger partial charge on any atom is 0.263 e. The first-order chi connectivity index (χ1) is 9.63. The molecule has 2 aliphatic heterocycles. The van der Waals surface area contributed by atoms with Crippen molar-refractivity contribution in [3.63, 3.8) is 0 Å². The summed E-state index contributed by atoms with van der Waals surface area (Å²) in [6.45, 7) is 5.31. The van der Waals surface area contributed by atoms with E-state index < -0.39 is 6.10 Å². The molecule has 1 aromatic carbocycles. The Morgan fingerprint density at radius 3 is 2.67 bits per heavy atom. The summed E-state index contributed by atoms with van der Waals surface area (Å²) >= 11 is 0. The third-order valence-corrected chi connectivity index (χ3v) is 4.16.